The quantitative estimate of drug-likeness (QED) is 0.424. The second kappa shape index (κ2) is 9.08. The van der Waals surface area contributed by atoms with Crippen molar-refractivity contribution in [3.63, 3.8) is 0 Å². The number of aromatic nitrogens is 1. The number of rotatable bonds is 7. The third-order valence-electron chi connectivity index (χ3n) is 5.30. The van der Waals surface area contributed by atoms with Crippen molar-refractivity contribution in [2.24, 2.45) is 17.3 Å². The molecule has 13 heteroatoms. The molecule has 0 fully saturated rings. The Bertz CT molecular complexity index is 1130. The number of benzene rings is 1. The molecule has 0 atom stereocenters. The lowest BCUT2D eigenvalue weighted by Crippen LogP contribution is -2.77. The summed E-state index contributed by atoms with van der Waals surface area (Å²) in [4.78, 5) is 1.98. The lowest BCUT2D eigenvalue weighted by atomic mass is 10.0. The topological polar surface area (TPSA) is 112 Å². The number of nitrogens with two attached hydrogens (primary N) is 2. The molecule has 0 saturated heterocycles. The Morgan fingerprint density at radius 2 is 1.91 bits per heavy atom. The molecule has 9 nitrogen and oxygen atoms in total. The van der Waals surface area contributed by atoms with E-state index < -0.39 is 15.5 Å². The number of anilines is 2. The van der Waals surface area contributed by atoms with Crippen molar-refractivity contribution >= 4 is 44.4 Å². The zero-order valence-corrected chi connectivity index (χ0v) is 18.6. The third kappa shape index (κ3) is 4.59. The van der Waals surface area contributed by atoms with Gasteiger partial charge in [-0.1, -0.05) is 0 Å². The lowest BCUT2D eigenvalue weighted by Gasteiger charge is -2.31. The number of hydrogen-bond acceptors (Lipinski definition) is 5. The monoisotopic (exact) mass is 473 g/mol. The van der Waals surface area contributed by atoms with Gasteiger partial charge in [-0.2, -0.15) is 21.6 Å². The minimum absolute atomic E-state index is 0.00367. The van der Waals surface area contributed by atoms with Crippen molar-refractivity contribution in [2.45, 2.75) is 25.3 Å². The number of sulfonamides is 1. The summed E-state index contributed by atoms with van der Waals surface area (Å²) < 4.78 is 66.0. The summed E-state index contributed by atoms with van der Waals surface area (Å²) in [6.07, 6.45) is 1.57. The molecule has 0 bridgehead atoms. The van der Waals surface area contributed by atoms with Crippen molar-refractivity contribution in [3.05, 3.63) is 37.9 Å². The molecule has 0 spiro atoms. The first-order valence-electron chi connectivity index (χ1n) is 9.89. The summed E-state index contributed by atoms with van der Waals surface area (Å²) in [5.74, 6) is 1.16. The molecule has 1 aromatic carbocycles. The molecule has 1 aliphatic rings. The minimum Gasteiger partial charge on any atom is -0.439 e. The first-order chi connectivity index (χ1) is 15.0. The molecule has 0 amide bonds. The Kier molecular flexibility index (Phi) is 6.81. The molecule has 0 aliphatic carbocycles. The van der Waals surface area contributed by atoms with E-state index in [0.717, 1.165) is 30.0 Å². The van der Waals surface area contributed by atoms with Gasteiger partial charge in [-0.25, -0.2) is 0 Å². The summed E-state index contributed by atoms with van der Waals surface area (Å²) in [6.45, 7) is 3.29. The van der Waals surface area contributed by atoms with Crippen molar-refractivity contribution < 1.29 is 32.2 Å². The summed E-state index contributed by atoms with van der Waals surface area (Å²) in [5.41, 5.74) is -3.44. The van der Waals surface area contributed by atoms with Crippen molar-refractivity contribution in [3.8, 4) is 0 Å². The van der Waals surface area contributed by atoms with E-state index in [4.69, 9.17) is 0 Å². The normalized spacial score (nSPS) is 14.8. The van der Waals surface area contributed by atoms with E-state index in [1.807, 2.05) is 11.8 Å². The van der Waals surface area contributed by atoms with E-state index in [-0.39, 0.29) is 11.4 Å². The summed E-state index contributed by atoms with van der Waals surface area (Å²) >= 11 is 0. The Hall–Kier alpha value is -2.64. The number of azo groups is 1. The summed E-state index contributed by atoms with van der Waals surface area (Å²) in [7, 11) is 3.58. The number of halogens is 3. The van der Waals surface area contributed by atoms with Gasteiger partial charge in [0.15, 0.2) is 11.5 Å². The number of quaternary nitrogens is 2. The van der Waals surface area contributed by atoms with Crippen LogP contribution in [0.1, 0.15) is 18.9 Å². The molecular weight excluding hydrogens is 447 g/mol. The predicted octanol–water partition coefficient (Wildman–Crippen LogP) is 2.45. The van der Waals surface area contributed by atoms with E-state index in [9.17, 15) is 21.6 Å². The zero-order chi connectivity index (χ0) is 23.7. The van der Waals surface area contributed by atoms with Crippen LogP contribution in [-0.4, -0.2) is 31.6 Å². The highest BCUT2D eigenvalue weighted by molar-refractivity contribution is 7.93. The molecule has 2 heterocycles. The number of alkyl halides is 3. The summed E-state index contributed by atoms with van der Waals surface area (Å²) in [6, 6.07) is 4.68. The van der Waals surface area contributed by atoms with E-state index in [0.29, 0.717) is 24.5 Å². The zero-order valence-electron chi connectivity index (χ0n) is 17.8. The average Bonchev–Trinajstić information content (AvgIpc) is 3.05. The maximum Gasteiger partial charge on any atom is 0.516 e. The second-order valence-electron chi connectivity index (χ2n) is 7.24. The minimum atomic E-state index is -5.63. The average molecular weight is 474 g/mol. The van der Waals surface area contributed by atoms with Crippen LogP contribution in [0.3, 0.4) is 0 Å². The van der Waals surface area contributed by atoms with Crippen LogP contribution in [0, 0.1) is 14.1 Å². The fraction of sp³-hybridized carbons (Fsp3) is 0.368. The van der Waals surface area contributed by atoms with Gasteiger partial charge >= 0.3 is 15.5 Å². The highest BCUT2D eigenvalue weighted by atomic mass is 32.2. The van der Waals surface area contributed by atoms with E-state index in [2.05, 4.69) is 24.3 Å². The van der Waals surface area contributed by atoms with Crippen molar-refractivity contribution in [2.75, 3.05) is 22.7 Å². The van der Waals surface area contributed by atoms with Gasteiger partial charge in [0, 0.05) is 31.9 Å². The van der Waals surface area contributed by atoms with Crippen LogP contribution >= 0.6 is 0 Å². The van der Waals surface area contributed by atoms with Gasteiger partial charge in [0.2, 0.25) is 5.82 Å². The second-order valence-corrected chi connectivity index (χ2v) is 8.92. The standard InChI is InChI=1S/C19H26F3N7O2S/c1-5-29-8-6-7-12-9-13(14(10-16(12)29)27-32(30,31)19(20,21)22)25-26-17-11-15(23-2)18(24-3)28(17)4/h9-11,27H,2-3,5-8,23-24H2,1,4H3. The number of fused-ring (bicyclic) bond motifs is 1. The van der Waals surface area contributed by atoms with E-state index >= 15 is 0 Å². The Labute approximate surface area is 184 Å². The molecule has 32 heavy (non-hydrogen) atoms. The van der Waals surface area contributed by atoms with Gasteiger partial charge in [0.05, 0.1) is 5.69 Å². The molecular formula is C19H26F3N7O2S. The van der Waals surface area contributed by atoms with Gasteiger partial charge in [-0.3, -0.25) is 9.29 Å². The lowest BCUT2D eigenvalue weighted by molar-refractivity contribution is -0.544. The molecule has 3 rings (SSSR count). The molecule has 176 valence electrons. The molecule has 1 aromatic heterocycles. The maximum absolute atomic E-state index is 13.0. The predicted molar refractivity (Wildman–Crippen MR) is 115 cm³/mol. The van der Waals surface area contributed by atoms with Gasteiger partial charge in [-0.15, -0.1) is 24.3 Å². The molecule has 1 aliphatic heterocycles. The summed E-state index contributed by atoms with van der Waals surface area (Å²) in [5, 5.41) is 11.5. The van der Waals surface area contributed by atoms with Crippen LogP contribution in [0.5, 0.6) is 0 Å². The van der Waals surface area contributed by atoms with Gasteiger partial charge in [0.1, 0.15) is 5.69 Å². The van der Waals surface area contributed by atoms with E-state index in [1.54, 1.807) is 39.1 Å². The first-order valence-corrected chi connectivity index (χ1v) is 11.4. The maximum atomic E-state index is 13.0. The van der Waals surface area contributed by atoms with E-state index in [1.165, 1.54) is 6.07 Å². The van der Waals surface area contributed by atoms with Crippen LogP contribution in [-0.2, 0) is 23.5 Å². The fourth-order valence-electron chi connectivity index (χ4n) is 3.64. The SMILES string of the molecule is [CH2-][NH2+]c1cc(N=Nc2cc3c(cc2NS(=O)(=O)C(F)(F)F)N(CC)CCC3)n(C)c1[NH2+][CH2-]. The molecule has 0 unspecified atom stereocenters. The van der Waals surface area contributed by atoms with Crippen LogP contribution in [0.25, 0.3) is 0 Å². The third-order valence-corrected chi connectivity index (χ3v) is 6.40. The highest BCUT2D eigenvalue weighted by Crippen LogP contribution is 2.39. The van der Waals surface area contributed by atoms with Crippen molar-refractivity contribution in [1.82, 2.24) is 4.57 Å². The van der Waals surface area contributed by atoms with Gasteiger partial charge in [-0.05, 0) is 37.5 Å². The van der Waals surface area contributed by atoms with Crippen LogP contribution in [0.4, 0.5) is 47.6 Å². The largest absolute Gasteiger partial charge is 0.516 e. The Morgan fingerprint density at radius 3 is 2.47 bits per heavy atom. The highest BCUT2D eigenvalue weighted by Gasteiger charge is 2.46. The molecule has 5 N–H and O–H groups in total. The van der Waals surface area contributed by atoms with Gasteiger partial charge in [0.25, 0.3) is 0 Å². The molecule has 0 saturated carbocycles. The van der Waals surface area contributed by atoms with Crippen LogP contribution in [0.15, 0.2) is 28.4 Å². The van der Waals surface area contributed by atoms with Gasteiger partial charge < -0.3 is 15.5 Å². The van der Waals surface area contributed by atoms with Crippen molar-refractivity contribution in [1.29, 1.82) is 0 Å². The number of aryl methyl sites for hydroxylation is 1. The smallest absolute Gasteiger partial charge is 0.439 e. The number of nitrogens with one attached hydrogen (secondary N) is 1. The van der Waals surface area contributed by atoms with Crippen LogP contribution < -0.4 is 20.3 Å². The number of hydrogen-bond donors (Lipinski definition) is 3. The fourth-order valence-corrected chi connectivity index (χ4v) is 4.21. The Balaban J connectivity index is 2.10. The first kappa shape index (κ1) is 24.0. The number of nitrogens with zero attached hydrogens (tertiary/aromatic N) is 4. The molecule has 2 aromatic rings. The van der Waals surface area contributed by atoms with Crippen LogP contribution in [0.2, 0.25) is 0 Å². The Morgan fingerprint density at radius 1 is 1.19 bits per heavy atom. The molecule has 0 radical (unpaired) electrons.